The van der Waals surface area contributed by atoms with E-state index in [2.05, 4.69) is 4.90 Å². The Morgan fingerprint density at radius 2 is 1.76 bits per heavy atom. The summed E-state index contributed by atoms with van der Waals surface area (Å²) in [5, 5.41) is 0. The molecule has 2 nitrogen and oxygen atoms in total. The average molecular weight is 249 g/mol. The summed E-state index contributed by atoms with van der Waals surface area (Å²) in [4.78, 5) is 3.76. The third-order valence-electron chi connectivity index (χ3n) is 4.12. The van der Waals surface area contributed by atoms with Crippen LogP contribution in [0.4, 0.5) is 13.2 Å². The molecule has 0 amide bonds. The molecule has 1 radical (unpaired) electrons. The Bertz CT molecular complexity index is 251. The predicted molar refractivity (Wildman–Crippen MR) is 60.6 cm³/mol. The lowest BCUT2D eigenvalue weighted by Gasteiger charge is -2.49. The van der Waals surface area contributed by atoms with Crippen LogP contribution in [0.1, 0.15) is 25.7 Å². The molecule has 2 aliphatic rings. The van der Waals surface area contributed by atoms with E-state index in [9.17, 15) is 13.2 Å². The van der Waals surface area contributed by atoms with Crippen molar-refractivity contribution < 1.29 is 13.2 Å². The number of piperazine rings is 1. The third-order valence-corrected chi connectivity index (χ3v) is 4.12. The molecule has 99 valence electrons. The lowest BCUT2D eigenvalue weighted by atomic mass is 9.79. The van der Waals surface area contributed by atoms with E-state index in [-0.39, 0.29) is 12.8 Å². The Balaban J connectivity index is 2.15. The normalized spacial score (nSPS) is 28.2. The lowest BCUT2D eigenvalue weighted by molar-refractivity contribution is -0.242. The summed E-state index contributed by atoms with van der Waals surface area (Å²) in [5.41, 5.74) is -1.58. The molecule has 2 fully saturated rings. The van der Waals surface area contributed by atoms with Crippen molar-refractivity contribution in [1.82, 2.24) is 9.80 Å². The van der Waals surface area contributed by atoms with Gasteiger partial charge in [-0.25, -0.2) is 0 Å². The van der Waals surface area contributed by atoms with Gasteiger partial charge in [-0.2, -0.15) is 13.2 Å². The van der Waals surface area contributed by atoms with Gasteiger partial charge in [0.15, 0.2) is 0 Å². The molecule has 0 spiro atoms. The van der Waals surface area contributed by atoms with Crippen LogP contribution in [0.3, 0.4) is 0 Å². The van der Waals surface area contributed by atoms with Gasteiger partial charge in [0.1, 0.15) is 5.54 Å². The number of halogens is 3. The van der Waals surface area contributed by atoms with E-state index in [0.29, 0.717) is 19.5 Å². The first-order valence-corrected chi connectivity index (χ1v) is 6.28. The molecule has 17 heavy (non-hydrogen) atoms. The van der Waals surface area contributed by atoms with Crippen LogP contribution in [-0.2, 0) is 0 Å². The van der Waals surface area contributed by atoms with Crippen LogP contribution >= 0.6 is 0 Å². The number of likely N-dealkylation sites (N-methyl/N-ethyl adjacent to an activating group) is 1. The fourth-order valence-electron chi connectivity index (χ4n) is 2.94. The smallest absolute Gasteiger partial charge is 0.304 e. The minimum atomic E-state index is -4.11. The van der Waals surface area contributed by atoms with Crippen LogP contribution in [0.5, 0.6) is 0 Å². The zero-order chi connectivity index (χ0) is 12.5. The molecular formula is C12H20F3N2. The van der Waals surface area contributed by atoms with Crippen molar-refractivity contribution in [3.63, 3.8) is 0 Å². The van der Waals surface area contributed by atoms with E-state index in [0.717, 1.165) is 19.5 Å². The van der Waals surface area contributed by atoms with Crippen molar-refractivity contribution in [2.24, 2.45) is 0 Å². The monoisotopic (exact) mass is 249 g/mol. The quantitative estimate of drug-likeness (QED) is 0.703. The summed E-state index contributed by atoms with van der Waals surface area (Å²) in [6, 6.07) is 0. The molecule has 0 aromatic rings. The van der Waals surface area contributed by atoms with Crippen molar-refractivity contribution in [2.45, 2.75) is 37.4 Å². The summed E-state index contributed by atoms with van der Waals surface area (Å²) in [6.07, 6.45) is -0.385. The fraction of sp³-hybridized carbons (Fsp3) is 0.917. The highest BCUT2D eigenvalue weighted by Crippen LogP contribution is 2.45. The summed E-state index contributed by atoms with van der Waals surface area (Å²) < 4.78 is 40.2. The van der Waals surface area contributed by atoms with E-state index in [1.54, 1.807) is 4.90 Å². The standard InChI is InChI=1S/C12H20F3N2/c1-16-7-9-17(10-8-16)11(12(13,14)15)5-3-2-4-6-11/h3H,2,4-10H2,1H3. The van der Waals surface area contributed by atoms with Gasteiger partial charge >= 0.3 is 6.18 Å². The Hall–Kier alpha value is -0.290. The highest BCUT2D eigenvalue weighted by molar-refractivity contribution is 5.04. The Labute approximate surface area is 101 Å². The van der Waals surface area contributed by atoms with E-state index < -0.39 is 11.7 Å². The minimum absolute atomic E-state index is 0.167. The zero-order valence-electron chi connectivity index (χ0n) is 10.3. The van der Waals surface area contributed by atoms with Gasteiger partial charge in [0.05, 0.1) is 0 Å². The highest BCUT2D eigenvalue weighted by atomic mass is 19.4. The Kier molecular flexibility index (Phi) is 3.69. The van der Waals surface area contributed by atoms with E-state index in [1.807, 2.05) is 13.5 Å². The summed E-state index contributed by atoms with van der Waals surface area (Å²) in [5.74, 6) is 0. The molecule has 1 aliphatic heterocycles. The van der Waals surface area contributed by atoms with Crippen molar-refractivity contribution in [2.75, 3.05) is 33.2 Å². The van der Waals surface area contributed by atoms with Gasteiger partial charge in [0.25, 0.3) is 0 Å². The van der Waals surface area contributed by atoms with E-state index in [1.165, 1.54) is 0 Å². The van der Waals surface area contributed by atoms with E-state index >= 15 is 0 Å². The molecule has 1 aliphatic carbocycles. The van der Waals surface area contributed by atoms with Gasteiger partial charge in [-0.3, -0.25) is 4.90 Å². The summed E-state index contributed by atoms with van der Waals surface area (Å²) >= 11 is 0. The van der Waals surface area contributed by atoms with Crippen LogP contribution in [-0.4, -0.2) is 54.7 Å². The van der Waals surface area contributed by atoms with Crippen LogP contribution < -0.4 is 0 Å². The maximum Gasteiger partial charge on any atom is 0.406 e. The topological polar surface area (TPSA) is 6.48 Å². The van der Waals surface area contributed by atoms with Crippen LogP contribution in [0, 0.1) is 6.42 Å². The summed E-state index contributed by atoms with van der Waals surface area (Å²) in [7, 11) is 1.96. The van der Waals surface area contributed by atoms with Gasteiger partial charge < -0.3 is 4.90 Å². The molecule has 1 saturated heterocycles. The molecule has 0 aromatic heterocycles. The van der Waals surface area contributed by atoms with Gasteiger partial charge in [0, 0.05) is 26.2 Å². The van der Waals surface area contributed by atoms with Gasteiger partial charge in [0.2, 0.25) is 0 Å². The number of hydrogen-bond donors (Lipinski definition) is 0. The second-order valence-corrected chi connectivity index (χ2v) is 5.20. The molecule has 1 atom stereocenters. The van der Waals surface area contributed by atoms with Crippen molar-refractivity contribution in [3.05, 3.63) is 6.42 Å². The molecule has 1 heterocycles. The Morgan fingerprint density at radius 1 is 1.12 bits per heavy atom. The minimum Gasteiger partial charge on any atom is -0.304 e. The van der Waals surface area contributed by atoms with Crippen molar-refractivity contribution >= 4 is 0 Å². The van der Waals surface area contributed by atoms with Gasteiger partial charge in [-0.15, -0.1) is 0 Å². The molecule has 2 rings (SSSR count). The second kappa shape index (κ2) is 4.76. The molecular weight excluding hydrogens is 229 g/mol. The third kappa shape index (κ3) is 2.45. The van der Waals surface area contributed by atoms with Gasteiger partial charge in [-0.05, 0) is 26.3 Å². The number of hydrogen-bond acceptors (Lipinski definition) is 2. The summed E-state index contributed by atoms with van der Waals surface area (Å²) in [6.45, 7) is 2.53. The predicted octanol–water partition coefficient (Wildman–Crippen LogP) is 2.31. The number of rotatable bonds is 1. The number of alkyl halides is 3. The molecule has 0 bridgehead atoms. The highest BCUT2D eigenvalue weighted by Gasteiger charge is 2.58. The largest absolute Gasteiger partial charge is 0.406 e. The first-order chi connectivity index (χ1) is 7.96. The molecule has 5 heteroatoms. The molecule has 1 unspecified atom stereocenters. The van der Waals surface area contributed by atoms with Gasteiger partial charge in [-0.1, -0.05) is 12.8 Å². The first-order valence-electron chi connectivity index (χ1n) is 6.28. The molecule has 1 saturated carbocycles. The van der Waals surface area contributed by atoms with Crippen LogP contribution in [0.2, 0.25) is 0 Å². The van der Waals surface area contributed by atoms with E-state index in [4.69, 9.17) is 0 Å². The lowest BCUT2D eigenvalue weighted by Crippen LogP contribution is -2.64. The van der Waals surface area contributed by atoms with Crippen LogP contribution in [0.15, 0.2) is 0 Å². The maximum absolute atomic E-state index is 13.4. The number of nitrogens with zero attached hydrogens (tertiary/aromatic N) is 2. The van der Waals surface area contributed by atoms with Crippen LogP contribution in [0.25, 0.3) is 0 Å². The fourth-order valence-corrected chi connectivity index (χ4v) is 2.94. The average Bonchev–Trinajstić information content (AvgIpc) is 2.29. The SMILES string of the molecule is CN1CCN(C2(C(F)(F)F)C[CH]CCC2)CC1. The maximum atomic E-state index is 13.4. The zero-order valence-corrected chi connectivity index (χ0v) is 10.3. The first kappa shape index (κ1) is 13.1. The van der Waals surface area contributed by atoms with Crippen molar-refractivity contribution in [3.8, 4) is 0 Å². The second-order valence-electron chi connectivity index (χ2n) is 5.20. The molecule has 0 aromatic carbocycles. The van der Waals surface area contributed by atoms with Crippen molar-refractivity contribution in [1.29, 1.82) is 0 Å². The Morgan fingerprint density at radius 3 is 2.24 bits per heavy atom. The molecule has 0 N–H and O–H groups in total.